The van der Waals surface area contributed by atoms with Crippen molar-refractivity contribution in [3.63, 3.8) is 0 Å². The summed E-state index contributed by atoms with van der Waals surface area (Å²) in [5, 5.41) is 0. The third-order valence-electron chi connectivity index (χ3n) is 0.471. The van der Waals surface area contributed by atoms with Crippen LogP contribution in [0.15, 0.2) is 8.80 Å². The molecule has 0 N–H and O–H groups in total. The van der Waals surface area contributed by atoms with Crippen molar-refractivity contribution in [2.75, 3.05) is 0 Å². The molecule has 0 aromatic carbocycles. The first-order valence-corrected chi connectivity index (χ1v) is 5.23. The first-order chi connectivity index (χ1) is 3.21. The molecule has 1 aliphatic heterocycles. The molecule has 0 atom stereocenters. The van der Waals surface area contributed by atoms with E-state index in [-0.39, 0.29) is 0 Å². The molecule has 0 radical (unpaired) electrons. The van der Waals surface area contributed by atoms with Gasteiger partial charge in [-0.1, -0.05) is 23.3 Å². The number of hydrogen-bond acceptors (Lipinski definition) is 4. The highest BCUT2D eigenvalue weighted by atomic mass is 33.5. The second-order valence-electron chi connectivity index (χ2n) is 0.999. The van der Waals surface area contributed by atoms with Gasteiger partial charge in [0.1, 0.15) is 0 Å². The Morgan fingerprint density at radius 2 is 1.57 bits per heavy atom. The predicted molar refractivity (Wildman–Crippen MR) is 42.5 cm³/mol. The Morgan fingerprint density at radius 3 is 1.71 bits per heavy atom. The zero-order valence-electron chi connectivity index (χ0n) is 3.35. The minimum Gasteiger partial charge on any atom is -0.205 e. The van der Waals surface area contributed by atoms with Crippen LogP contribution in [-0.4, -0.2) is 12.4 Å². The van der Waals surface area contributed by atoms with E-state index in [0.29, 0.717) is 0 Å². The summed E-state index contributed by atoms with van der Waals surface area (Å²) >= 11 is 8.00. The van der Waals surface area contributed by atoms with Gasteiger partial charge in [-0.25, -0.2) is 8.80 Å². The van der Waals surface area contributed by atoms with E-state index in [1.165, 1.54) is 0 Å². The molecule has 1 aliphatic rings. The minimum atomic E-state index is -1.52. The zero-order chi connectivity index (χ0) is 5.33. The fraction of sp³-hybridized carbons (Fsp3) is 0. The van der Waals surface area contributed by atoms with Gasteiger partial charge in [-0.2, -0.15) is 0 Å². The number of thiol groups is 2. The summed E-state index contributed by atoms with van der Waals surface area (Å²) in [5.74, 6) is 0. The number of hydrogen-bond donors (Lipinski definition) is 2. The van der Waals surface area contributed by atoms with E-state index in [4.69, 9.17) is 0 Å². The largest absolute Gasteiger partial charge is 0.205 e. The van der Waals surface area contributed by atoms with Crippen LogP contribution in [0.5, 0.6) is 0 Å². The highest BCUT2D eigenvalue weighted by Crippen LogP contribution is 2.60. The Balaban J connectivity index is 2.77. The lowest BCUT2D eigenvalue weighted by Crippen LogP contribution is -1.56. The fourth-order valence-electron chi connectivity index (χ4n) is 0.245. The smallest absolute Gasteiger partial charge is 0.0560 e. The Kier molecular flexibility index (Phi) is 1.36. The SMILES string of the molecule is SS1(S)N=CC=N1. The minimum absolute atomic E-state index is 1.52. The Labute approximate surface area is 53.3 Å². The van der Waals surface area contributed by atoms with Gasteiger partial charge in [0.25, 0.3) is 0 Å². The van der Waals surface area contributed by atoms with Gasteiger partial charge in [0, 0.05) is 8.46 Å². The van der Waals surface area contributed by atoms with Crippen LogP contribution in [0.25, 0.3) is 0 Å². The summed E-state index contributed by atoms with van der Waals surface area (Å²) in [7, 11) is -1.52. The van der Waals surface area contributed by atoms with Crippen molar-refractivity contribution in [2.24, 2.45) is 8.80 Å². The second-order valence-corrected chi connectivity index (χ2v) is 6.32. The van der Waals surface area contributed by atoms with Crippen molar-refractivity contribution in [1.82, 2.24) is 0 Å². The van der Waals surface area contributed by atoms with E-state index < -0.39 is 8.46 Å². The van der Waals surface area contributed by atoms with Crippen molar-refractivity contribution in [3.8, 4) is 0 Å². The summed E-state index contributed by atoms with van der Waals surface area (Å²) in [6.07, 6.45) is 3.21. The molecule has 1 rings (SSSR count). The molecule has 0 spiro atoms. The Morgan fingerprint density at radius 1 is 1.14 bits per heavy atom. The van der Waals surface area contributed by atoms with Gasteiger partial charge in [-0.3, -0.25) is 0 Å². The van der Waals surface area contributed by atoms with Crippen LogP contribution >= 0.6 is 31.8 Å². The van der Waals surface area contributed by atoms with Gasteiger partial charge in [-0.15, -0.1) is 0 Å². The first-order valence-electron chi connectivity index (χ1n) is 1.58. The van der Waals surface area contributed by atoms with E-state index in [2.05, 4.69) is 32.1 Å². The molecule has 0 aromatic heterocycles. The van der Waals surface area contributed by atoms with E-state index >= 15 is 0 Å². The van der Waals surface area contributed by atoms with Crippen LogP contribution in [0.1, 0.15) is 0 Å². The van der Waals surface area contributed by atoms with E-state index in [0.717, 1.165) is 0 Å². The fourth-order valence-corrected chi connectivity index (χ4v) is 1.39. The number of nitrogens with zero attached hydrogens (tertiary/aromatic N) is 2. The summed E-state index contributed by atoms with van der Waals surface area (Å²) in [6.45, 7) is 0. The third kappa shape index (κ3) is 1.40. The van der Waals surface area contributed by atoms with Crippen LogP contribution in [0.4, 0.5) is 0 Å². The lowest BCUT2D eigenvalue weighted by Gasteiger charge is -2.10. The molecule has 0 unspecified atom stereocenters. The molecular weight excluding hydrogens is 148 g/mol. The molecule has 0 fully saturated rings. The monoisotopic (exact) mass is 152 g/mol. The topological polar surface area (TPSA) is 24.7 Å². The van der Waals surface area contributed by atoms with E-state index in [1.54, 1.807) is 12.4 Å². The van der Waals surface area contributed by atoms with Gasteiger partial charge < -0.3 is 0 Å². The highest BCUT2D eigenvalue weighted by Gasteiger charge is 2.09. The van der Waals surface area contributed by atoms with Gasteiger partial charge in [0.2, 0.25) is 0 Å². The molecule has 7 heavy (non-hydrogen) atoms. The summed E-state index contributed by atoms with van der Waals surface area (Å²) in [6, 6.07) is 0. The van der Waals surface area contributed by atoms with E-state index in [9.17, 15) is 0 Å². The Hall–Kier alpha value is 0.390. The maximum Gasteiger partial charge on any atom is 0.0560 e. The second kappa shape index (κ2) is 1.72. The van der Waals surface area contributed by atoms with Crippen LogP contribution in [-0.2, 0) is 0 Å². The van der Waals surface area contributed by atoms with Crippen LogP contribution < -0.4 is 0 Å². The first kappa shape index (κ1) is 5.53. The predicted octanol–water partition coefficient (Wildman–Crippen LogP) is 1.47. The molecule has 1 heterocycles. The maximum absolute atomic E-state index is 4.00. The zero-order valence-corrected chi connectivity index (χ0v) is 5.96. The molecule has 5 heteroatoms. The third-order valence-corrected chi connectivity index (χ3v) is 2.41. The van der Waals surface area contributed by atoms with Crippen molar-refractivity contribution in [2.45, 2.75) is 0 Å². The van der Waals surface area contributed by atoms with Crippen molar-refractivity contribution in [1.29, 1.82) is 0 Å². The molecule has 0 saturated heterocycles. The summed E-state index contributed by atoms with van der Waals surface area (Å²) in [4.78, 5) is 0. The van der Waals surface area contributed by atoms with Crippen LogP contribution in [0.2, 0.25) is 0 Å². The normalized spacial score (nSPS) is 28.3. The quantitative estimate of drug-likeness (QED) is 0.388. The summed E-state index contributed by atoms with van der Waals surface area (Å²) < 4.78 is 7.67. The molecule has 0 bridgehead atoms. The lowest BCUT2D eigenvalue weighted by atomic mass is 10.9. The molecule has 2 nitrogen and oxygen atoms in total. The van der Waals surface area contributed by atoms with Gasteiger partial charge >= 0.3 is 0 Å². The molecule has 40 valence electrons. The summed E-state index contributed by atoms with van der Waals surface area (Å²) in [5.41, 5.74) is 0. The lowest BCUT2D eigenvalue weighted by molar-refractivity contribution is 1.93. The average Bonchev–Trinajstić information content (AvgIpc) is 1.84. The molecular formula is C2H4N2S3. The van der Waals surface area contributed by atoms with Crippen molar-refractivity contribution in [3.05, 3.63) is 0 Å². The number of rotatable bonds is 0. The van der Waals surface area contributed by atoms with Crippen LogP contribution in [0.3, 0.4) is 0 Å². The Bertz CT molecular complexity index is 113. The average molecular weight is 152 g/mol. The van der Waals surface area contributed by atoms with E-state index in [1.807, 2.05) is 0 Å². The molecule has 0 amide bonds. The molecule has 0 aromatic rings. The molecule has 0 saturated carbocycles. The van der Waals surface area contributed by atoms with Crippen LogP contribution in [0, 0.1) is 0 Å². The maximum atomic E-state index is 4.00. The van der Waals surface area contributed by atoms with Crippen molar-refractivity contribution < 1.29 is 0 Å². The van der Waals surface area contributed by atoms with Crippen molar-refractivity contribution >= 4 is 44.2 Å². The van der Waals surface area contributed by atoms with Gasteiger partial charge in [0.05, 0.1) is 12.4 Å². The van der Waals surface area contributed by atoms with Gasteiger partial charge in [0.15, 0.2) is 0 Å². The molecule has 0 aliphatic carbocycles. The highest BCUT2D eigenvalue weighted by molar-refractivity contribution is 9.17. The standard InChI is InChI=1S/C2H4N2S3/c5-7(6)3-1-2-4-7/h1-2,5-6H. The van der Waals surface area contributed by atoms with Gasteiger partial charge in [-0.05, 0) is 0 Å².